The Kier molecular flexibility index (Phi) is 4.69. The van der Waals surface area contributed by atoms with Gasteiger partial charge in [-0.25, -0.2) is 17.9 Å². The lowest BCUT2D eigenvalue weighted by molar-refractivity contribution is 0.0697. The van der Waals surface area contributed by atoms with E-state index < -0.39 is 22.1 Å². The van der Waals surface area contributed by atoms with Gasteiger partial charge in [0, 0.05) is 6.54 Å². The zero-order chi connectivity index (χ0) is 13.9. The highest BCUT2D eigenvalue weighted by Gasteiger charge is 2.18. The minimum Gasteiger partial charge on any atom is -0.478 e. The van der Waals surface area contributed by atoms with Crippen LogP contribution in [0, 0.1) is 0 Å². The Bertz CT molecular complexity index is 555. The van der Waals surface area contributed by atoms with Crippen LogP contribution in [-0.4, -0.2) is 37.2 Å². The predicted molar refractivity (Wildman–Crippen MR) is 65.3 cm³/mol. The fraction of sp³-hybridized carbons (Fsp3) is 0.300. The Morgan fingerprint density at radius 3 is 2.61 bits per heavy atom. The van der Waals surface area contributed by atoms with Crippen molar-refractivity contribution in [3.05, 3.63) is 28.8 Å². The van der Waals surface area contributed by atoms with E-state index in [9.17, 15) is 13.2 Å². The van der Waals surface area contributed by atoms with Gasteiger partial charge in [-0.15, -0.1) is 0 Å². The van der Waals surface area contributed by atoms with Crippen molar-refractivity contribution in [2.45, 2.75) is 17.9 Å². The van der Waals surface area contributed by atoms with E-state index in [0.717, 1.165) is 6.07 Å². The number of halogens is 1. The molecular weight excluding hydrogens is 282 g/mol. The smallest absolute Gasteiger partial charge is 0.337 e. The summed E-state index contributed by atoms with van der Waals surface area (Å²) >= 11 is 5.63. The number of carboxylic acid groups (broad SMARTS) is 1. The molecule has 1 aromatic carbocycles. The number of carboxylic acids is 1. The zero-order valence-corrected chi connectivity index (χ0v) is 11.0. The molecule has 1 rings (SSSR count). The summed E-state index contributed by atoms with van der Waals surface area (Å²) in [5.74, 6) is -1.31. The van der Waals surface area contributed by atoms with Gasteiger partial charge in [-0.2, -0.15) is 0 Å². The third kappa shape index (κ3) is 3.67. The molecule has 0 spiro atoms. The van der Waals surface area contributed by atoms with Gasteiger partial charge < -0.3 is 10.2 Å². The lowest BCUT2D eigenvalue weighted by Gasteiger charge is -2.09. The Balaban J connectivity index is 3.10. The minimum absolute atomic E-state index is 0.0445. The summed E-state index contributed by atoms with van der Waals surface area (Å²) < 4.78 is 25.7. The Hall–Kier alpha value is -1.15. The third-order valence-electron chi connectivity index (χ3n) is 2.05. The van der Waals surface area contributed by atoms with Gasteiger partial charge in [0.25, 0.3) is 0 Å². The second-order valence-corrected chi connectivity index (χ2v) is 5.82. The second-order valence-electron chi connectivity index (χ2n) is 3.65. The standard InChI is InChI=1S/C10H12ClNO5S/c1-6(13)5-12-18(16,17)7-2-3-9(11)8(4-7)10(14)15/h2-4,6,12-13H,5H2,1H3,(H,14,15). The van der Waals surface area contributed by atoms with Crippen molar-refractivity contribution in [1.29, 1.82) is 0 Å². The Morgan fingerprint density at radius 2 is 2.11 bits per heavy atom. The van der Waals surface area contributed by atoms with Crippen molar-refractivity contribution in [2.24, 2.45) is 0 Å². The number of carbonyl (C=O) groups is 1. The third-order valence-corrected chi connectivity index (χ3v) is 3.80. The van der Waals surface area contributed by atoms with Gasteiger partial charge >= 0.3 is 5.97 Å². The zero-order valence-electron chi connectivity index (χ0n) is 9.42. The van der Waals surface area contributed by atoms with E-state index in [4.69, 9.17) is 21.8 Å². The molecule has 18 heavy (non-hydrogen) atoms. The van der Waals surface area contributed by atoms with E-state index in [1.807, 2.05) is 0 Å². The molecule has 0 aromatic heterocycles. The summed E-state index contributed by atoms with van der Waals surface area (Å²) in [6, 6.07) is 3.36. The van der Waals surface area contributed by atoms with Crippen molar-refractivity contribution < 1.29 is 23.4 Å². The number of aliphatic hydroxyl groups excluding tert-OH is 1. The molecule has 0 amide bonds. The number of hydrogen-bond donors (Lipinski definition) is 3. The first-order valence-corrected chi connectivity index (χ1v) is 6.80. The van der Waals surface area contributed by atoms with Gasteiger partial charge in [0.1, 0.15) is 0 Å². The number of aliphatic hydroxyl groups is 1. The van der Waals surface area contributed by atoms with Crippen LogP contribution in [0.5, 0.6) is 0 Å². The molecule has 1 atom stereocenters. The van der Waals surface area contributed by atoms with Gasteiger partial charge in [-0.3, -0.25) is 0 Å². The van der Waals surface area contributed by atoms with Crippen LogP contribution < -0.4 is 4.72 Å². The lowest BCUT2D eigenvalue weighted by Crippen LogP contribution is -2.30. The summed E-state index contributed by atoms with van der Waals surface area (Å²) in [5.41, 5.74) is -0.295. The number of rotatable bonds is 5. The van der Waals surface area contributed by atoms with Gasteiger partial charge in [0.05, 0.1) is 21.6 Å². The SMILES string of the molecule is CC(O)CNS(=O)(=O)c1ccc(Cl)c(C(=O)O)c1. The molecule has 8 heteroatoms. The number of aromatic carboxylic acids is 1. The van der Waals surface area contributed by atoms with Crippen molar-refractivity contribution in [3.63, 3.8) is 0 Å². The highest BCUT2D eigenvalue weighted by molar-refractivity contribution is 7.89. The molecule has 0 aliphatic rings. The maximum atomic E-state index is 11.8. The van der Waals surface area contributed by atoms with Gasteiger partial charge in [-0.1, -0.05) is 11.6 Å². The summed E-state index contributed by atoms with van der Waals surface area (Å²) in [5, 5.41) is 17.8. The van der Waals surface area contributed by atoms with Gasteiger partial charge in [-0.05, 0) is 25.1 Å². The molecule has 1 aromatic rings. The van der Waals surface area contributed by atoms with Crippen molar-refractivity contribution >= 4 is 27.6 Å². The predicted octanol–water partition coefficient (Wildman–Crippen LogP) is 0.697. The molecule has 0 radical (unpaired) electrons. The van der Waals surface area contributed by atoms with E-state index in [0.29, 0.717) is 0 Å². The van der Waals surface area contributed by atoms with Gasteiger partial charge in [0.2, 0.25) is 10.0 Å². The van der Waals surface area contributed by atoms with Crippen LogP contribution in [0.15, 0.2) is 23.1 Å². The normalized spacial score (nSPS) is 13.3. The molecule has 6 nitrogen and oxygen atoms in total. The average Bonchev–Trinajstić information content (AvgIpc) is 2.26. The Morgan fingerprint density at radius 1 is 1.50 bits per heavy atom. The van der Waals surface area contributed by atoms with Crippen LogP contribution in [0.25, 0.3) is 0 Å². The maximum absolute atomic E-state index is 11.8. The summed E-state index contributed by atoms with van der Waals surface area (Å²) in [6.07, 6.45) is -0.842. The number of sulfonamides is 1. The fourth-order valence-electron chi connectivity index (χ4n) is 1.15. The molecule has 0 aliphatic carbocycles. The monoisotopic (exact) mass is 293 g/mol. The maximum Gasteiger partial charge on any atom is 0.337 e. The van der Waals surface area contributed by atoms with E-state index in [2.05, 4.69) is 4.72 Å². The molecule has 0 saturated carbocycles. The largest absolute Gasteiger partial charge is 0.478 e. The van der Waals surface area contributed by atoms with Crippen LogP contribution in [0.4, 0.5) is 0 Å². The van der Waals surface area contributed by atoms with Crippen molar-refractivity contribution in [2.75, 3.05) is 6.54 Å². The number of hydrogen-bond acceptors (Lipinski definition) is 4. The molecule has 100 valence electrons. The topological polar surface area (TPSA) is 104 Å². The first-order chi connectivity index (χ1) is 8.24. The first kappa shape index (κ1) is 14.9. The van der Waals surface area contributed by atoms with Crippen LogP contribution in [0.1, 0.15) is 17.3 Å². The minimum atomic E-state index is -3.86. The van der Waals surface area contributed by atoms with Crippen molar-refractivity contribution in [1.82, 2.24) is 4.72 Å². The second kappa shape index (κ2) is 5.66. The molecule has 0 bridgehead atoms. The van der Waals surface area contributed by atoms with E-state index in [1.165, 1.54) is 19.1 Å². The lowest BCUT2D eigenvalue weighted by atomic mass is 10.2. The van der Waals surface area contributed by atoms with Crippen LogP contribution in [-0.2, 0) is 10.0 Å². The summed E-state index contributed by atoms with van der Waals surface area (Å²) in [7, 11) is -3.86. The van der Waals surface area contributed by atoms with E-state index in [-0.39, 0.29) is 22.0 Å². The molecule has 0 aliphatic heterocycles. The van der Waals surface area contributed by atoms with Crippen LogP contribution >= 0.6 is 11.6 Å². The molecular formula is C10H12ClNO5S. The van der Waals surface area contributed by atoms with E-state index in [1.54, 1.807) is 0 Å². The number of nitrogens with one attached hydrogen (secondary N) is 1. The Labute approximate surface area is 109 Å². The summed E-state index contributed by atoms with van der Waals surface area (Å²) in [4.78, 5) is 10.6. The highest BCUT2D eigenvalue weighted by atomic mass is 35.5. The van der Waals surface area contributed by atoms with Crippen LogP contribution in [0.2, 0.25) is 5.02 Å². The quantitative estimate of drug-likeness (QED) is 0.741. The molecule has 0 fully saturated rings. The van der Waals surface area contributed by atoms with Gasteiger partial charge in [0.15, 0.2) is 0 Å². The average molecular weight is 294 g/mol. The van der Waals surface area contributed by atoms with Crippen LogP contribution in [0.3, 0.4) is 0 Å². The number of benzene rings is 1. The molecule has 0 heterocycles. The molecule has 1 unspecified atom stereocenters. The van der Waals surface area contributed by atoms with Crippen molar-refractivity contribution in [3.8, 4) is 0 Å². The highest BCUT2D eigenvalue weighted by Crippen LogP contribution is 2.20. The molecule has 3 N–H and O–H groups in total. The summed E-state index contributed by atoms with van der Waals surface area (Å²) in [6.45, 7) is 1.26. The first-order valence-electron chi connectivity index (χ1n) is 4.94. The molecule has 0 saturated heterocycles. The van der Waals surface area contributed by atoms with E-state index >= 15 is 0 Å². The fourth-order valence-corrected chi connectivity index (χ4v) is 2.49.